The number of nitrogens with zero attached hydrogens (tertiary/aromatic N) is 2. The van der Waals surface area contributed by atoms with Crippen molar-refractivity contribution < 1.29 is 17.9 Å². The molecule has 2 aliphatic heterocycles. The van der Waals surface area contributed by atoms with E-state index in [1.807, 2.05) is 24.3 Å². The van der Waals surface area contributed by atoms with Gasteiger partial charge in [-0.3, -0.25) is 9.69 Å². The van der Waals surface area contributed by atoms with Crippen molar-refractivity contribution >= 4 is 33.2 Å². The Kier molecular flexibility index (Phi) is 6.93. The van der Waals surface area contributed by atoms with Crippen LogP contribution in [-0.2, 0) is 19.6 Å². The molecule has 1 amide bonds. The van der Waals surface area contributed by atoms with Crippen LogP contribution in [0.25, 0.3) is 0 Å². The Bertz CT molecular complexity index is 1020. The quantitative estimate of drug-likeness (QED) is 0.683. The minimum Gasteiger partial charge on any atom is -0.379 e. The minimum absolute atomic E-state index is 0.0711. The number of hydrogen-bond donors (Lipinski definition) is 1. The molecular formula is C22H26ClN3O4S. The molecule has 2 fully saturated rings. The molecular weight excluding hydrogens is 438 g/mol. The van der Waals surface area contributed by atoms with Crippen LogP contribution in [-0.4, -0.2) is 58.6 Å². The van der Waals surface area contributed by atoms with E-state index in [2.05, 4.69) is 9.62 Å². The van der Waals surface area contributed by atoms with Crippen LogP contribution in [0.15, 0.2) is 53.4 Å². The highest BCUT2D eigenvalue weighted by atomic mass is 35.5. The number of carbonyl (C=O) groups excluding carboxylic acids is 1. The first-order valence-electron chi connectivity index (χ1n) is 10.4. The van der Waals surface area contributed by atoms with Gasteiger partial charge in [-0.25, -0.2) is 13.1 Å². The van der Waals surface area contributed by atoms with Crippen LogP contribution in [0.2, 0.25) is 5.02 Å². The van der Waals surface area contributed by atoms with Crippen molar-refractivity contribution in [3.8, 4) is 0 Å². The number of halogens is 1. The van der Waals surface area contributed by atoms with E-state index in [-0.39, 0.29) is 23.4 Å². The zero-order valence-electron chi connectivity index (χ0n) is 17.2. The summed E-state index contributed by atoms with van der Waals surface area (Å²) in [6.45, 7) is 3.47. The van der Waals surface area contributed by atoms with Gasteiger partial charge in [-0.1, -0.05) is 29.8 Å². The number of ether oxygens (including phenoxy) is 1. The Morgan fingerprint density at radius 1 is 1.03 bits per heavy atom. The van der Waals surface area contributed by atoms with Gasteiger partial charge in [0.2, 0.25) is 15.9 Å². The van der Waals surface area contributed by atoms with Crippen molar-refractivity contribution in [3.05, 3.63) is 59.1 Å². The molecule has 9 heteroatoms. The highest BCUT2D eigenvalue weighted by Gasteiger charge is 2.27. The molecule has 2 aromatic carbocycles. The number of benzene rings is 2. The molecule has 0 bridgehead atoms. The van der Waals surface area contributed by atoms with E-state index in [9.17, 15) is 13.2 Å². The zero-order valence-corrected chi connectivity index (χ0v) is 18.7. The summed E-state index contributed by atoms with van der Waals surface area (Å²) in [5.41, 5.74) is 1.61. The van der Waals surface area contributed by atoms with Gasteiger partial charge in [0.15, 0.2) is 0 Å². The first-order chi connectivity index (χ1) is 15.0. The molecule has 2 aromatic rings. The molecule has 0 aliphatic carbocycles. The van der Waals surface area contributed by atoms with Gasteiger partial charge in [0.05, 0.1) is 18.1 Å². The number of amides is 1. The molecule has 0 spiro atoms. The predicted molar refractivity (Wildman–Crippen MR) is 120 cm³/mol. The number of sulfonamides is 1. The van der Waals surface area contributed by atoms with E-state index >= 15 is 0 Å². The maximum Gasteiger partial charge on any atom is 0.240 e. The fourth-order valence-electron chi connectivity index (χ4n) is 4.07. The van der Waals surface area contributed by atoms with Crippen LogP contribution in [0.1, 0.15) is 24.4 Å². The fourth-order valence-corrected chi connectivity index (χ4v) is 5.37. The van der Waals surface area contributed by atoms with Gasteiger partial charge in [0.25, 0.3) is 0 Å². The maximum atomic E-state index is 13.0. The van der Waals surface area contributed by atoms with Crippen LogP contribution >= 0.6 is 11.6 Å². The molecule has 1 unspecified atom stereocenters. The third-order valence-corrected chi connectivity index (χ3v) is 7.53. The monoisotopic (exact) mass is 463 g/mol. The molecule has 2 saturated heterocycles. The van der Waals surface area contributed by atoms with Crippen molar-refractivity contribution in [2.24, 2.45) is 0 Å². The zero-order chi connectivity index (χ0) is 21.8. The number of rotatable bonds is 7. The topological polar surface area (TPSA) is 79.0 Å². The lowest BCUT2D eigenvalue weighted by Crippen LogP contribution is -2.43. The Labute approximate surface area is 188 Å². The Morgan fingerprint density at radius 2 is 1.74 bits per heavy atom. The van der Waals surface area contributed by atoms with Gasteiger partial charge in [-0.05, 0) is 42.3 Å². The molecule has 0 aromatic heterocycles. The second-order valence-corrected chi connectivity index (χ2v) is 9.85. The van der Waals surface area contributed by atoms with Gasteiger partial charge in [0, 0.05) is 49.4 Å². The van der Waals surface area contributed by atoms with Crippen LogP contribution in [0, 0.1) is 0 Å². The first-order valence-corrected chi connectivity index (χ1v) is 12.3. The summed E-state index contributed by atoms with van der Waals surface area (Å²) < 4.78 is 34.1. The Morgan fingerprint density at radius 3 is 2.39 bits per heavy atom. The van der Waals surface area contributed by atoms with Gasteiger partial charge in [-0.2, -0.15) is 0 Å². The first kappa shape index (κ1) is 22.2. The molecule has 31 heavy (non-hydrogen) atoms. The van der Waals surface area contributed by atoms with Crippen LogP contribution in [0.5, 0.6) is 0 Å². The number of morpholine rings is 1. The predicted octanol–water partition coefficient (Wildman–Crippen LogP) is 2.82. The largest absolute Gasteiger partial charge is 0.379 e. The summed E-state index contributed by atoms with van der Waals surface area (Å²) in [7, 11) is -3.72. The van der Waals surface area contributed by atoms with E-state index in [1.165, 1.54) is 0 Å². The molecule has 2 aliphatic rings. The highest BCUT2D eigenvalue weighted by molar-refractivity contribution is 7.89. The van der Waals surface area contributed by atoms with Crippen LogP contribution in [0.3, 0.4) is 0 Å². The van der Waals surface area contributed by atoms with Gasteiger partial charge in [-0.15, -0.1) is 0 Å². The number of nitrogens with one attached hydrogen (secondary N) is 1. The van der Waals surface area contributed by atoms with Crippen molar-refractivity contribution in [3.63, 3.8) is 0 Å². The molecule has 1 N–H and O–H groups in total. The molecule has 2 heterocycles. The maximum absolute atomic E-state index is 13.0. The third kappa shape index (κ3) is 5.10. The molecule has 7 nitrogen and oxygen atoms in total. The van der Waals surface area contributed by atoms with Gasteiger partial charge >= 0.3 is 0 Å². The summed E-state index contributed by atoms with van der Waals surface area (Å²) in [6, 6.07) is 13.8. The van der Waals surface area contributed by atoms with Crippen molar-refractivity contribution in [1.82, 2.24) is 9.62 Å². The second-order valence-electron chi connectivity index (χ2n) is 7.68. The number of anilines is 1. The SMILES string of the molecule is O=C1CCCN1c1ccc(S(=O)(=O)NCC(c2ccccc2Cl)N2CCOCC2)cc1. The van der Waals surface area contributed by atoms with Crippen molar-refractivity contribution in [2.45, 2.75) is 23.8 Å². The van der Waals surface area contributed by atoms with E-state index in [1.54, 1.807) is 29.2 Å². The van der Waals surface area contributed by atoms with Crippen molar-refractivity contribution in [1.29, 1.82) is 0 Å². The van der Waals surface area contributed by atoms with Crippen molar-refractivity contribution in [2.75, 3.05) is 44.3 Å². The lowest BCUT2D eigenvalue weighted by molar-refractivity contribution is -0.117. The van der Waals surface area contributed by atoms with Gasteiger partial charge in [0.1, 0.15) is 0 Å². The molecule has 0 saturated carbocycles. The summed E-state index contributed by atoms with van der Waals surface area (Å²) in [5, 5.41) is 0.609. The average Bonchev–Trinajstić information content (AvgIpc) is 3.22. The normalized spacial score (nSPS) is 19.0. The van der Waals surface area contributed by atoms with Gasteiger partial charge < -0.3 is 9.64 Å². The highest BCUT2D eigenvalue weighted by Crippen LogP contribution is 2.28. The van der Waals surface area contributed by atoms with Crippen LogP contribution < -0.4 is 9.62 Å². The molecule has 4 rings (SSSR count). The standard InChI is InChI=1S/C22H26ClN3O4S/c23-20-5-2-1-4-19(20)21(25-12-14-30-15-13-25)16-24-31(28,29)18-9-7-17(8-10-18)26-11-3-6-22(26)27/h1-2,4-5,7-10,21,24H,3,6,11-16H2. The Hall–Kier alpha value is -1.97. The average molecular weight is 464 g/mol. The van der Waals surface area contributed by atoms with E-state index < -0.39 is 10.0 Å². The summed E-state index contributed by atoms with van der Waals surface area (Å²) in [4.78, 5) is 16.0. The third-order valence-electron chi connectivity index (χ3n) is 5.75. The molecule has 0 radical (unpaired) electrons. The fraction of sp³-hybridized carbons (Fsp3) is 0.409. The van der Waals surface area contributed by atoms with E-state index in [0.717, 1.165) is 17.7 Å². The van der Waals surface area contributed by atoms with E-state index in [4.69, 9.17) is 16.3 Å². The van der Waals surface area contributed by atoms with Crippen LogP contribution in [0.4, 0.5) is 5.69 Å². The second kappa shape index (κ2) is 9.67. The summed E-state index contributed by atoms with van der Waals surface area (Å²) in [6.07, 6.45) is 1.36. The van der Waals surface area contributed by atoms with E-state index in [0.29, 0.717) is 44.3 Å². The lowest BCUT2D eigenvalue weighted by atomic mass is 10.0. The smallest absolute Gasteiger partial charge is 0.240 e. The Balaban J connectivity index is 1.50. The summed E-state index contributed by atoms with van der Waals surface area (Å²) >= 11 is 6.43. The summed E-state index contributed by atoms with van der Waals surface area (Å²) in [5.74, 6) is 0.0711. The number of hydrogen-bond acceptors (Lipinski definition) is 5. The lowest BCUT2D eigenvalue weighted by Gasteiger charge is -2.35. The minimum atomic E-state index is -3.72. The molecule has 166 valence electrons. The molecule has 1 atom stereocenters. The number of carbonyl (C=O) groups is 1.